The van der Waals surface area contributed by atoms with Crippen molar-refractivity contribution in [3.8, 4) is 0 Å². The van der Waals surface area contributed by atoms with Crippen LogP contribution in [0.3, 0.4) is 0 Å². The van der Waals surface area contributed by atoms with Gasteiger partial charge in [0, 0.05) is 0 Å². The lowest BCUT2D eigenvalue weighted by atomic mass is 9.79. The number of carbonyl (C=O) groups excluding carboxylic acids is 2. The van der Waals surface area contributed by atoms with E-state index in [1.807, 2.05) is 6.92 Å². The predicted octanol–water partition coefficient (Wildman–Crippen LogP) is 2.25. The zero-order chi connectivity index (χ0) is 13.3. The molecule has 0 N–H and O–H groups in total. The molecule has 0 aliphatic rings. The van der Waals surface area contributed by atoms with Gasteiger partial charge >= 0.3 is 11.9 Å². The molecule has 0 radical (unpaired) electrons. The maximum Gasteiger partial charge on any atom is 0.323 e. The van der Waals surface area contributed by atoms with Gasteiger partial charge in [-0.3, -0.25) is 9.59 Å². The monoisotopic (exact) mass is 240 g/mol. The van der Waals surface area contributed by atoms with Crippen molar-refractivity contribution in [2.45, 2.75) is 26.2 Å². The normalized spacial score (nSPS) is 11.2. The molecule has 0 aromatic rings. The number of rotatable bonds is 7. The van der Waals surface area contributed by atoms with Crippen LogP contribution in [-0.4, -0.2) is 26.2 Å². The molecular weight excluding hydrogens is 220 g/mol. The minimum absolute atomic E-state index is 0.274. The molecule has 0 rings (SSSR count). The fourth-order valence-electron chi connectivity index (χ4n) is 1.61. The number of hydrogen-bond donors (Lipinski definition) is 0. The fraction of sp³-hybridized carbons (Fsp3) is 0.538. The van der Waals surface area contributed by atoms with E-state index in [0.29, 0.717) is 12.8 Å². The van der Waals surface area contributed by atoms with Gasteiger partial charge in [-0.25, -0.2) is 0 Å². The van der Waals surface area contributed by atoms with E-state index < -0.39 is 17.4 Å². The molecule has 0 saturated carbocycles. The standard InChI is InChI=1S/C13H20O4/c1-5-7-9-13(10-8-6-2,11(14)16-3)12(15)17-4/h5-6,8H,1,7,9-10H2,2-4H3/b8-6+. The summed E-state index contributed by atoms with van der Waals surface area (Å²) in [6.07, 6.45) is 6.36. The highest BCUT2D eigenvalue weighted by molar-refractivity contribution is 6.00. The van der Waals surface area contributed by atoms with Crippen molar-refractivity contribution in [2.75, 3.05) is 14.2 Å². The summed E-state index contributed by atoms with van der Waals surface area (Å²) in [7, 11) is 2.53. The molecule has 0 aromatic heterocycles. The van der Waals surface area contributed by atoms with Crippen LogP contribution < -0.4 is 0 Å². The lowest BCUT2D eigenvalue weighted by Crippen LogP contribution is -2.40. The van der Waals surface area contributed by atoms with Crippen LogP contribution in [0.4, 0.5) is 0 Å². The molecule has 4 heteroatoms. The maximum absolute atomic E-state index is 11.9. The molecule has 17 heavy (non-hydrogen) atoms. The second-order valence-electron chi connectivity index (χ2n) is 3.67. The van der Waals surface area contributed by atoms with Gasteiger partial charge in [0.1, 0.15) is 0 Å². The van der Waals surface area contributed by atoms with Gasteiger partial charge in [-0.05, 0) is 26.2 Å². The Hall–Kier alpha value is -1.58. The van der Waals surface area contributed by atoms with Gasteiger partial charge in [0.2, 0.25) is 0 Å². The summed E-state index contributed by atoms with van der Waals surface area (Å²) in [5.41, 5.74) is -1.26. The molecule has 0 spiro atoms. The van der Waals surface area contributed by atoms with Gasteiger partial charge in [-0.2, -0.15) is 0 Å². The first kappa shape index (κ1) is 15.4. The molecule has 0 heterocycles. The summed E-state index contributed by atoms with van der Waals surface area (Å²) >= 11 is 0. The molecule has 0 atom stereocenters. The highest BCUT2D eigenvalue weighted by Crippen LogP contribution is 2.32. The predicted molar refractivity (Wildman–Crippen MR) is 65.3 cm³/mol. The SMILES string of the molecule is C=CCCC(C/C=C/C)(C(=O)OC)C(=O)OC. The Morgan fingerprint density at radius 1 is 1.24 bits per heavy atom. The van der Waals surface area contributed by atoms with E-state index in [0.717, 1.165) is 0 Å². The molecule has 0 fully saturated rings. The quantitative estimate of drug-likeness (QED) is 0.389. The third kappa shape index (κ3) is 3.73. The number of allylic oxidation sites excluding steroid dienone is 3. The van der Waals surface area contributed by atoms with Crippen LogP contribution in [0.5, 0.6) is 0 Å². The highest BCUT2D eigenvalue weighted by atomic mass is 16.5. The second kappa shape index (κ2) is 7.65. The third-order valence-electron chi connectivity index (χ3n) is 2.63. The Bertz CT molecular complexity index is 289. The first-order chi connectivity index (χ1) is 8.08. The van der Waals surface area contributed by atoms with E-state index in [-0.39, 0.29) is 6.42 Å². The van der Waals surface area contributed by atoms with Crippen molar-refractivity contribution >= 4 is 11.9 Å². The van der Waals surface area contributed by atoms with Gasteiger partial charge < -0.3 is 9.47 Å². The summed E-state index contributed by atoms with van der Waals surface area (Å²) in [6.45, 7) is 5.42. The van der Waals surface area contributed by atoms with Crippen molar-refractivity contribution in [1.82, 2.24) is 0 Å². The van der Waals surface area contributed by atoms with Crippen LogP contribution >= 0.6 is 0 Å². The number of methoxy groups -OCH3 is 2. The first-order valence-electron chi connectivity index (χ1n) is 5.48. The first-order valence-corrected chi connectivity index (χ1v) is 5.48. The third-order valence-corrected chi connectivity index (χ3v) is 2.63. The van der Waals surface area contributed by atoms with Crippen LogP contribution in [0.2, 0.25) is 0 Å². The van der Waals surface area contributed by atoms with Crippen LogP contribution in [0, 0.1) is 5.41 Å². The molecule has 96 valence electrons. The Kier molecular flexibility index (Phi) is 6.94. The molecule has 0 aromatic carbocycles. The molecule has 0 aliphatic carbocycles. The topological polar surface area (TPSA) is 52.6 Å². The summed E-state index contributed by atoms with van der Waals surface area (Å²) in [5, 5.41) is 0. The average Bonchev–Trinajstić information content (AvgIpc) is 2.37. The fourth-order valence-corrected chi connectivity index (χ4v) is 1.61. The minimum atomic E-state index is -1.26. The van der Waals surface area contributed by atoms with E-state index in [2.05, 4.69) is 6.58 Å². The number of carbonyl (C=O) groups is 2. The van der Waals surface area contributed by atoms with E-state index in [1.54, 1.807) is 18.2 Å². The Balaban J connectivity index is 5.25. The minimum Gasteiger partial charge on any atom is -0.468 e. The Labute approximate surface area is 102 Å². The van der Waals surface area contributed by atoms with Crippen LogP contribution in [0.1, 0.15) is 26.2 Å². The van der Waals surface area contributed by atoms with Crippen molar-refractivity contribution in [1.29, 1.82) is 0 Å². The van der Waals surface area contributed by atoms with Crippen molar-refractivity contribution in [3.63, 3.8) is 0 Å². The molecule has 4 nitrogen and oxygen atoms in total. The smallest absolute Gasteiger partial charge is 0.323 e. The summed E-state index contributed by atoms with van der Waals surface area (Å²) < 4.78 is 9.45. The van der Waals surface area contributed by atoms with Gasteiger partial charge in [-0.15, -0.1) is 6.58 Å². The van der Waals surface area contributed by atoms with Crippen molar-refractivity contribution < 1.29 is 19.1 Å². The second-order valence-corrected chi connectivity index (χ2v) is 3.67. The lowest BCUT2D eigenvalue weighted by Gasteiger charge is -2.26. The van der Waals surface area contributed by atoms with Crippen LogP contribution in [0.15, 0.2) is 24.8 Å². The molecular formula is C13H20O4. The van der Waals surface area contributed by atoms with E-state index in [1.165, 1.54) is 14.2 Å². The summed E-state index contributed by atoms with van der Waals surface area (Å²) in [6, 6.07) is 0. The van der Waals surface area contributed by atoms with Gasteiger partial charge in [-0.1, -0.05) is 18.2 Å². The maximum atomic E-state index is 11.9. The number of hydrogen-bond acceptors (Lipinski definition) is 4. The zero-order valence-electron chi connectivity index (χ0n) is 10.7. The van der Waals surface area contributed by atoms with Gasteiger partial charge in [0.25, 0.3) is 0 Å². The van der Waals surface area contributed by atoms with Crippen LogP contribution in [0.25, 0.3) is 0 Å². The molecule has 0 amide bonds. The Morgan fingerprint density at radius 2 is 1.76 bits per heavy atom. The number of esters is 2. The van der Waals surface area contributed by atoms with E-state index in [9.17, 15) is 9.59 Å². The van der Waals surface area contributed by atoms with Crippen molar-refractivity contribution in [3.05, 3.63) is 24.8 Å². The van der Waals surface area contributed by atoms with Crippen molar-refractivity contribution in [2.24, 2.45) is 5.41 Å². The van der Waals surface area contributed by atoms with E-state index >= 15 is 0 Å². The largest absolute Gasteiger partial charge is 0.468 e. The zero-order valence-corrected chi connectivity index (χ0v) is 10.7. The van der Waals surface area contributed by atoms with E-state index in [4.69, 9.17) is 9.47 Å². The average molecular weight is 240 g/mol. The molecule has 0 bridgehead atoms. The highest BCUT2D eigenvalue weighted by Gasteiger charge is 2.46. The Morgan fingerprint density at radius 3 is 2.12 bits per heavy atom. The summed E-state index contributed by atoms with van der Waals surface area (Å²) in [5.74, 6) is -1.13. The molecule has 0 saturated heterocycles. The number of ether oxygens (including phenoxy) is 2. The van der Waals surface area contributed by atoms with Gasteiger partial charge in [0.05, 0.1) is 14.2 Å². The van der Waals surface area contributed by atoms with Crippen LogP contribution in [-0.2, 0) is 19.1 Å². The molecule has 0 aliphatic heterocycles. The molecule has 0 unspecified atom stereocenters. The summed E-state index contributed by atoms with van der Waals surface area (Å²) in [4.78, 5) is 23.7. The lowest BCUT2D eigenvalue weighted by molar-refractivity contribution is -0.169. The van der Waals surface area contributed by atoms with Gasteiger partial charge in [0.15, 0.2) is 5.41 Å².